The highest BCUT2D eigenvalue weighted by Gasteiger charge is 2.23. The molecule has 1 aliphatic heterocycles. The summed E-state index contributed by atoms with van der Waals surface area (Å²) in [6.07, 6.45) is 0.730. The lowest BCUT2D eigenvalue weighted by atomic mass is 10.00. The molecule has 0 saturated heterocycles. The van der Waals surface area contributed by atoms with Gasteiger partial charge in [-0.1, -0.05) is 23.7 Å². The number of para-hydroxylation sites is 1. The highest BCUT2D eigenvalue weighted by atomic mass is 35.5. The molecule has 1 atom stereocenters. The van der Waals surface area contributed by atoms with Crippen LogP contribution in [0.3, 0.4) is 0 Å². The molecule has 1 heterocycles. The first-order chi connectivity index (χ1) is 10.2. The highest BCUT2D eigenvalue weighted by molar-refractivity contribution is 6.32. The molecule has 1 aliphatic rings. The molecule has 2 aromatic carbocycles. The Kier molecular flexibility index (Phi) is 3.68. The van der Waals surface area contributed by atoms with Gasteiger partial charge in [-0.3, -0.25) is 0 Å². The molecule has 1 N–H and O–H groups in total. The molecule has 0 aromatic heterocycles. The van der Waals surface area contributed by atoms with Gasteiger partial charge in [0.2, 0.25) is 0 Å². The average molecular weight is 303 g/mol. The van der Waals surface area contributed by atoms with Crippen molar-refractivity contribution >= 4 is 17.3 Å². The van der Waals surface area contributed by atoms with Crippen LogP contribution in [0.2, 0.25) is 5.02 Å². The molecular formula is C16H12ClFN2O. The second kappa shape index (κ2) is 5.63. The van der Waals surface area contributed by atoms with Crippen molar-refractivity contribution in [3.05, 3.63) is 58.4 Å². The molecule has 0 aliphatic carbocycles. The van der Waals surface area contributed by atoms with Crippen molar-refractivity contribution in [1.82, 2.24) is 0 Å². The SMILES string of the molecule is N#Cc1ccc(N[C@H]2CCOc3c(F)cccc32)cc1Cl. The first kappa shape index (κ1) is 13.7. The molecule has 0 radical (unpaired) electrons. The Hall–Kier alpha value is -2.25. The van der Waals surface area contributed by atoms with Crippen LogP contribution >= 0.6 is 11.6 Å². The normalized spacial score (nSPS) is 16.5. The van der Waals surface area contributed by atoms with Gasteiger partial charge in [0.1, 0.15) is 6.07 Å². The van der Waals surface area contributed by atoms with Crippen molar-refractivity contribution in [3.8, 4) is 11.8 Å². The minimum Gasteiger partial charge on any atom is -0.490 e. The van der Waals surface area contributed by atoms with Crippen LogP contribution in [0.25, 0.3) is 0 Å². The fourth-order valence-corrected chi connectivity index (χ4v) is 2.66. The second-order valence-electron chi connectivity index (χ2n) is 4.80. The fourth-order valence-electron chi connectivity index (χ4n) is 2.43. The Morgan fingerprint density at radius 3 is 2.95 bits per heavy atom. The van der Waals surface area contributed by atoms with Crippen molar-refractivity contribution in [2.24, 2.45) is 0 Å². The van der Waals surface area contributed by atoms with E-state index in [-0.39, 0.29) is 11.9 Å². The number of ether oxygens (including phenoxy) is 1. The zero-order chi connectivity index (χ0) is 14.8. The monoisotopic (exact) mass is 302 g/mol. The van der Waals surface area contributed by atoms with E-state index in [0.717, 1.165) is 17.7 Å². The third-order valence-electron chi connectivity index (χ3n) is 3.46. The molecule has 3 rings (SSSR count). The lowest BCUT2D eigenvalue weighted by Crippen LogP contribution is -2.21. The Labute approximate surface area is 126 Å². The molecule has 5 heteroatoms. The third kappa shape index (κ3) is 2.65. The largest absolute Gasteiger partial charge is 0.490 e. The number of rotatable bonds is 2. The number of halogens is 2. The maximum absolute atomic E-state index is 13.7. The van der Waals surface area contributed by atoms with E-state index in [1.165, 1.54) is 6.07 Å². The predicted molar refractivity (Wildman–Crippen MR) is 79.0 cm³/mol. The van der Waals surface area contributed by atoms with Gasteiger partial charge in [-0.15, -0.1) is 0 Å². The van der Waals surface area contributed by atoms with E-state index in [9.17, 15) is 4.39 Å². The molecule has 2 aromatic rings. The van der Waals surface area contributed by atoms with Gasteiger partial charge < -0.3 is 10.1 Å². The summed E-state index contributed by atoms with van der Waals surface area (Å²) in [6.45, 7) is 0.454. The Balaban J connectivity index is 1.89. The summed E-state index contributed by atoms with van der Waals surface area (Å²) in [6, 6.07) is 12.0. The summed E-state index contributed by atoms with van der Waals surface area (Å²) < 4.78 is 19.1. The molecule has 0 saturated carbocycles. The molecule has 0 fully saturated rings. The maximum atomic E-state index is 13.7. The Morgan fingerprint density at radius 1 is 1.33 bits per heavy atom. The minimum absolute atomic E-state index is 0.0477. The van der Waals surface area contributed by atoms with Gasteiger partial charge in [-0.05, 0) is 24.3 Å². The fraction of sp³-hybridized carbons (Fsp3) is 0.188. The van der Waals surface area contributed by atoms with Crippen LogP contribution in [0, 0.1) is 17.1 Å². The number of nitriles is 1. The number of fused-ring (bicyclic) bond motifs is 1. The number of hydrogen-bond donors (Lipinski definition) is 1. The summed E-state index contributed by atoms with van der Waals surface area (Å²) in [7, 11) is 0. The van der Waals surface area contributed by atoms with Gasteiger partial charge >= 0.3 is 0 Å². The van der Waals surface area contributed by atoms with Gasteiger partial charge in [0.15, 0.2) is 11.6 Å². The number of hydrogen-bond acceptors (Lipinski definition) is 3. The van der Waals surface area contributed by atoms with E-state index in [0.29, 0.717) is 22.9 Å². The molecule has 0 spiro atoms. The summed E-state index contributed by atoms with van der Waals surface area (Å²) >= 11 is 6.03. The summed E-state index contributed by atoms with van der Waals surface area (Å²) in [5, 5.41) is 12.6. The van der Waals surface area contributed by atoms with Gasteiger partial charge in [-0.25, -0.2) is 4.39 Å². The molecule has 0 unspecified atom stereocenters. The summed E-state index contributed by atoms with van der Waals surface area (Å²) in [4.78, 5) is 0. The van der Waals surface area contributed by atoms with Gasteiger partial charge in [0.05, 0.1) is 23.2 Å². The molecule has 21 heavy (non-hydrogen) atoms. The summed E-state index contributed by atoms with van der Waals surface area (Å²) in [5.74, 6) is -0.0437. The van der Waals surface area contributed by atoms with Crippen molar-refractivity contribution < 1.29 is 9.13 Å². The third-order valence-corrected chi connectivity index (χ3v) is 3.77. The molecule has 106 valence electrons. The predicted octanol–water partition coefficient (Wildman–Crippen LogP) is 4.29. The van der Waals surface area contributed by atoms with E-state index >= 15 is 0 Å². The van der Waals surface area contributed by atoms with Crippen LogP contribution in [-0.4, -0.2) is 6.61 Å². The first-order valence-corrected chi connectivity index (χ1v) is 6.94. The number of nitrogens with one attached hydrogen (secondary N) is 1. The molecule has 0 amide bonds. The Bertz CT molecular complexity index is 727. The lowest BCUT2D eigenvalue weighted by Gasteiger charge is -2.27. The summed E-state index contributed by atoms with van der Waals surface area (Å²) in [5.41, 5.74) is 2.02. The minimum atomic E-state index is -0.350. The number of anilines is 1. The molecule has 0 bridgehead atoms. The van der Waals surface area contributed by atoms with E-state index in [2.05, 4.69) is 5.32 Å². The van der Waals surface area contributed by atoms with E-state index in [4.69, 9.17) is 21.6 Å². The van der Waals surface area contributed by atoms with E-state index in [1.807, 2.05) is 12.1 Å². The van der Waals surface area contributed by atoms with Crippen LogP contribution in [-0.2, 0) is 0 Å². The molecule has 3 nitrogen and oxygen atoms in total. The van der Waals surface area contributed by atoms with Crippen molar-refractivity contribution in [2.45, 2.75) is 12.5 Å². The van der Waals surface area contributed by atoms with Crippen LogP contribution in [0.1, 0.15) is 23.6 Å². The number of benzene rings is 2. The standard InChI is InChI=1S/C16H12ClFN2O/c17-13-8-11(5-4-10(13)9-19)20-15-6-7-21-16-12(15)2-1-3-14(16)18/h1-5,8,15,20H,6-7H2/t15-/m0/s1. The van der Waals surface area contributed by atoms with Crippen LogP contribution < -0.4 is 10.1 Å². The number of nitrogens with zero attached hydrogens (tertiary/aromatic N) is 1. The van der Waals surface area contributed by atoms with Crippen LogP contribution in [0.15, 0.2) is 36.4 Å². The van der Waals surface area contributed by atoms with E-state index < -0.39 is 0 Å². The van der Waals surface area contributed by atoms with Crippen LogP contribution in [0.4, 0.5) is 10.1 Å². The topological polar surface area (TPSA) is 45.0 Å². The highest BCUT2D eigenvalue weighted by Crippen LogP contribution is 2.36. The van der Waals surface area contributed by atoms with Gasteiger partial charge in [0.25, 0.3) is 0 Å². The lowest BCUT2D eigenvalue weighted by molar-refractivity contribution is 0.260. The first-order valence-electron chi connectivity index (χ1n) is 6.56. The zero-order valence-corrected chi connectivity index (χ0v) is 11.8. The zero-order valence-electron chi connectivity index (χ0n) is 11.1. The van der Waals surface area contributed by atoms with Crippen molar-refractivity contribution in [2.75, 3.05) is 11.9 Å². The molecular weight excluding hydrogens is 291 g/mol. The smallest absolute Gasteiger partial charge is 0.165 e. The average Bonchev–Trinajstić information content (AvgIpc) is 2.49. The maximum Gasteiger partial charge on any atom is 0.165 e. The van der Waals surface area contributed by atoms with E-state index in [1.54, 1.807) is 24.3 Å². The van der Waals surface area contributed by atoms with Crippen molar-refractivity contribution in [3.63, 3.8) is 0 Å². The van der Waals surface area contributed by atoms with Crippen LogP contribution in [0.5, 0.6) is 5.75 Å². The quantitative estimate of drug-likeness (QED) is 0.900. The van der Waals surface area contributed by atoms with Gasteiger partial charge in [0, 0.05) is 17.7 Å². The second-order valence-corrected chi connectivity index (χ2v) is 5.21. The Morgan fingerprint density at radius 2 is 2.19 bits per heavy atom. The van der Waals surface area contributed by atoms with Gasteiger partial charge in [-0.2, -0.15) is 5.26 Å². The van der Waals surface area contributed by atoms with Crippen molar-refractivity contribution in [1.29, 1.82) is 5.26 Å².